The summed E-state index contributed by atoms with van der Waals surface area (Å²) >= 11 is 0. The van der Waals surface area contributed by atoms with Crippen molar-refractivity contribution < 1.29 is 84.3 Å². The monoisotopic (exact) mass is 630 g/mol. The van der Waals surface area contributed by atoms with Crippen molar-refractivity contribution in [1.29, 1.82) is 0 Å². The third kappa shape index (κ3) is 23.7. The molecule has 0 spiro atoms. The van der Waals surface area contributed by atoms with Gasteiger partial charge in [-0.25, -0.2) is 9.59 Å². The Morgan fingerprint density at radius 3 is 1.42 bits per heavy atom. The van der Waals surface area contributed by atoms with Crippen LogP contribution in [0.1, 0.15) is 27.6 Å². The maximum atomic E-state index is 10.3. The van der Waals surface area contributed by atoms with Gasteiger partial charge in [-0.2, -0.15) is 0 Å². The topological polar surface area (TPSA) is 289 Å². The van der Waals surface area contributed by atoms with Crippen molar-refractivity contribution in [2.24, 2.45) is 0 Å². The Morgan fingerprint density at radius 1 is 0.791 bits per heavy atom. The van der Waals surface area contributed by atoms with E-state index in [1.807, 2.05) is 0 Å². The zero-order valence-electron chi connectivity index (χ0n) is 24.2. The Bertz CT molecular complexity index is 742. The molecule has 17 nitrogen and oxygen atoms in total. The fourth-order valence-corrected chi connectivity index (χ4v) is 2.34. The van der Waals surface area contributed by atoms with Crippen molar-refractivity contribution in [3.05, 3.63) is 35.4 Å². The molecule has 3 aliphatic heterocycles. The van der Waals surface area contributed by atoms with E-state index in [4.69, 9.17) is 50.0 Å². The van der Waals surface area contributed by atoms with E-state index in [-0.39, 0.29) is 37.6 Å². The van der Waals surface area contributed by atoms with E-state index in [2.05, 4.69) is 16.4 Å². The summed E-state index contributed by atoms with van der Waals surface area (Å²) in [6, 6.07) is 5.02. The molecule has 1 aromatic rings. The summed E-state index contributed by atoms with van der Waals surface area (Å²) in [5, 5.41) is 84.9. The molecule has 43 heavy (non-hydrogen) atoms. The number of hydrogen-bond acceptors (Lipinski definition) is 15. The molecule has 10 N–H and O–H groups in total. The van der Waals surface area contributed by atoms with E-state index in [0.29, 0.717) is 19.3 Å². The summed E-state index contributed by atoms with van der Waals surface area (Å²) in [5.41, 5.74) is 0.167. The highest BCUT2D eigenvalue weighted by Crippen LogP contribution is 2.21. The van der Waals surface area contributed by atoms with E-state index in [0.717, 1.165) is 19.8 Å². The van der Waals surface area contributed by atoms with Gasteiger partial charge in [-0.05, 0) is 31.2 Å². The van der Waals surface area contributed by atoms with Gasteiger partial charge in [0.1, 0.15) is 24.4 Å². The molecular formula is C26H46O17. The molecule has 6 atom stereocenters. The van der Waals surface area contributed by atoms with Crippen molar-refractivity contribution in [1.82, 2.24) is 0 Å². The Labute approximate surface area is 249 Å². The molecule has 0 bridgehead atoms. The Balaban J connectivity index is 0. The third-order valence-electron chi connectivity index (χ3n) is 4.73. The van der Waals surface area contributed by atoms with Crippen LogP contribution in [0, 0.1) is 0 Å². The lowest BCUT2D eigenvalue weighted by Gasteiger charge is -2.38. The van der Waals surface area contributed by atoms with Gasteiger partial charge in [0.15, 0.2) is 6.29 Å². The standard InChI is InChI=1S/C8H6O4.C7H14O6.C4H10O3.C3H6O.C2H6O2.C2H4O/c9-7(10)5-1-2-6(4-3-5)8(11)12;1-12-7-6(11)5(10)4(9)3(2-8)13-7;5-1-3-7-4-2-6;1-3-2-4-3;3-1-2-4;1-2-3-1/h1-4H,(H,9,10)(H,11,12);3-11H,2H2,1H3;5-6H,1-4H2;3H,2H2,1H3;3-4H,1-2H2;1-2H2/t;3-,4+,5+,6-,7+;;;;/m.1..../s1. The van der Waals surface area contributed by atoms with E-state index in [1.54, 1.807) is 0 Å². The van der Waals surface area contributed by atoms with Crippen molar-refractivity contribution in [2.75, 3.05) is 73.2 Å². The van der Waals surface area contributed by atoms with Crippen LogP contribution in [0.5, 0.6) is 0 Å². The number of epoxide rings is 2. The highest BCUT2D eigenvalue weighted by molar-refractivity contribution is 5.91. The largest absolute Gasteiger partial charge is 0.478 e. The first kappa shape index (κ1) is 42.8. The van der Waals surface area contributed by atoms with Crippen molar-refractivity contribution >= 4 is 11.9 Å². The van der Waals surface area contributed by atoms with Crippen LogP contribution in [0.15, 0.2) is 24.3 Å². The summed E-state index contributed by atoms with van der Waals surface area (Å²) in [6.45, 7) is 5.05. The van der Waals surface area contributed by atoms with Crippen LogP contribution in [0.4, 0.5) is 0 Å². The summed E-state index contributed by atoms with van der Waals surface area (Å²) < 4.78 is 23.5. The number of ether oxygens (including phenoxy) is 5. The lowest BCUT2D eigenvalue weighted by molar-refractivity contribution is -0.294. The summed E-state index contributed by atoms with van der Waals surface area (Å²) in [6.07, 6.45) is -5.33. The number of methoxy groups -OCH3 is 1. The number of aromatic carboxylic acids is 2. The Kier molecular flexibility index (Phi) is 27.1. The number of carboxylic acids is 2. The van der Waals surface area contributed by atoms with Crippen molar-refractivity contribution in [3.8, 4) is 0 Å². The number of benzene rings is 1. The smallest absolute Gasteiger partial charge is 0.335 e. The minimum Gasteiger partial charge on any atom is -0.478 e. The first-order valence-corrected chi connectivity index (χ1v) is 13.1. The molecule has 3 fully saturated rings. The minimum absolute atomic E-state index is 0.0278. The molecule has 0 radical (unpaired) electrons. The van der Waals surface area contributed by atoms with Gasteiger partial charge in [-0.15, -0.1) is 0 Å². The van der Waals surface area contributed by atoms with Gasteiger partial charge in [-0.1, -0.05) is 0 Å². The van der Waals surface area contributed by atoms with Crippen LogP contribution in [-0.4, -0.2) is 173 Å². The van der Waals surface area contributed by atoms with Gasteiger partial charge in [0.2, 0.25) is 0 Å². The van der Waals surface area contributed by atoms with Crippen LogP contribution in [0.2, 0.25) is 0 Å². The molecule has 3 saturated heterocycles. The van der Waals surface area contributed by atoms with Crippen LogP contribution in [0.3, 0.4) is 0 Å². The lowest BCUT2D eigenvalue weighted by atomic mass is 9.99. The zero-order valence-corrected chi connectivity index (χ0v) is 24.2. The maximum absolute atomic E-state index is 10.3. The minimum atomic E-state index is -1.36. The Hall–Kier alpha value is -2.36. The lowest BCUT2D eigenvalue weighted by Crippen LogP contribution is -2.58. The SMILES string of the molecule is C1CO1.CC1CO1.CO[C@H]1O[C@H](CO)[C@H](O)[C@H](O)[C@H]1O.O=C(O)c1ccc(C(=O)O)cc1.OCCO.OCCOCCO. The van der Waals surface area contributed by atoms with Crippen molar-refractivity contribution in [3.63, 3.8) is 0 Å². The van der Waals surface area contributed by atoms with E-state index >= 15 is 0 Å². The van der Waals surface area contributed by atoms with Crippen LogP contribution in [0.25, 0.3) is 0 Å². The zero-order chi connectivity index (χ0) is 33.2. The molecule has 3 heterocycles. The third-order valence-corrected chi connectivity index (χ3v) is 4.73. The number of carboxylic acid groups (broad SMARTS) is 2. The van der Waals surface area contributed by atoms with Crippen LogP contribution in [-0.2, 0) is 23.7 Å². The second kappa shape index (κ2) is 27.2. The number of hydrogen-bond donors (Lipinski definition) is 10. The van der Waals surface area contributed by atoms with Crippen molar-refractivity contribution in [2.45, 2.75) is 43.7 Å². The first-order valence-electron chi connectivity index (χ1n) is 13.1. The van der Waals surface area contributed by atoms with Gasteiger partial charge in [0.25, 0.3) is 0 Å². The van der Waals surface area contributed by atoms with Gasteiger partial charge in [0, 0.05) is 7.11 Å². The molecule has 1 aromatic carbocycles. The van der Waals surface area contributed by atoms with E-state index in [1.165, 1.54) is 31.4 Å². The molecule has 4 rings (SSSR count). The molecule has 0 aromatic heterocycles. The number of aliphatic hydroxyl groups excluding tert-OH is 8. The second-order valence-electron chi connectivity index (χ2n) is 8.38. The average molecular weight is 631 g/mol. The van der Waals surface area contributed by atoms with Gasteiger partial charge >= 0.3 is 11.9 Å². The predicted molar refractivity (Wildman–Crippen MR) is 147 cm³/mol. The van der Waals surface area contributed by atoms with Gasteiger partial charge < -0.3 is 74.7 Å². The molecule has 0 aliphatic carbocycles. The fraction of sp³-hybridized carbons (Fsp3) is 0.692. The molecule has 17 heteroatoms. The number of rotatable bonds is 9. The number of aliphatic hydroxyl groups is 8. The number of carbonyl (C=O) groups is 2. The molecular weight excluding hydrogens is 584 g/mol. The Morgan fingerprint density at radius 2 is 1.19 bits per heavy atom. The summed E-state index contributed by atoms with van der Waals surface area (Å²) in [7, 11) is 1.30. The highest BCUT2D eigenvalue weighted by Gasteiger charge is 2.43. The quantitative estimate of drug-likeness (QED) is 0.0954. The maximum Gasteiger partial charge on any atom is 0.335 e. The average Bonchev–Trinajstić information content (AvgIpc) is 3.94. The fourth-order valence-electron chi connectivity index (χ4n) is 2.34. The van der Waals surface area contributed by atoms with E-state index < -0.39 is 49.3 Å². The molecule has 1 unspecified atom stereocenters. The van der Waals surface area contributed by atoms with Gasteiger partial charge in [0.05, 0.1) is 83.3 Å². The highest BCUT2D eigenvalue weighted by atomic mass is 16.7. The molecule has 0 saturated carbocycles. The normalized spacial score (nSPS) is 24.2. The van der Waals surface area contributed by atoms with Crippen LogP contribution >= 0.6 is 0 Å². The first-order chi connectivity index (χ1) is 20.4. The predicted octanol–water partition coefficient (Wildman–Crippen LogP) is -3.10. The molecule has 252 valence electrons. The molecule has 0 amide bonds. The van der Waals surface area contributed by atoms with Gasteiger partial charge in [-0.3, -0.25) is 0 Å². The second-order valence-corrected chi connectivity index (χ2v) is 8.38. The van der Waals surface area contributed by atoms with E-state index in [9.17, 15) is 24.9 Å². The van der Waals surface area contributed by atoms with Crippen LogP contribution < -0.4 is 0 Å². The molecule has 3 aliphatic rings. The summed E-state index contributed by atoms with van der Waals surface area (Å²) in [4.78, 5) is 20.7. The summed E-state index contributed by atoms with van der Waals surface area (Å²) in [5.74, 6) is -2.13.